The van der Waals surface area contributed by atoms with Crippen molar-refractivity contribution in [2.45, 2.75) is 19.3 Å². The first-order chi connectivity index (χ1) is 11.7. The van der Waals surface area contributed by atoms with Crippen molar-refractivity contribution < 1.29 is 9.53 Å². The molecule has 1 aliphatic carbocycles. The fraction of sp³-hybridized carbons (Fsp3) is 0.650. The number of benzene rings is 1. The fourth-order valence-corrected chi connectivity index (χ4v) is 4.49. The quantitative estimate of drug-likeness (QED) is 0.832. The van der Waals surface area contributed by atoms with Crippen LogP contribution < -0.4 is 0 Å². The van der Waals surface area contributed by atoms with Crippen LogP contribution >= 0.6 is 0 Å². The summed E-state index contributed by atoms with van der Waals surface area (Å²) in [6, 6.07) is 9.68. The second-order valence-electron chi connectivity index (χ2n) is 8.08. The highest BCUT2D eigenvalue weighted by Crippen LogP contribution is 2.44. The molecule has 4 nitrogen and oxygen atoms in total. The SMILES string of the molecule is CN1C[C@H](COCC2CC2)[C@@]2(CCN(C(=O)c3ccccc3)C2)C1. The number of amides is 1. The summed E-state index contributed by atoms with van der Waals surface area (Å²) >= 11 is 0. The minimum Gasteiger partial charge on any atom is -0.381 e. The summed E-state index contributed by atoms with van der Waals surface area (Å²) in [5, 5.41) is 0. The highest BCUT2D eigenvalue weighted by Gasteiger charge is 2.50. The largest absolute Gasteiger partial charge is 0.381 e. The molecule has 3 fully saturated rings. The van der Waals surface area contributed by atoms with E-state index in [-0.39, 0.29) is 11.3 Å². The van der Waals surface area contributed by atoms with Crippen LogP contribution in [0.25, 0.3) is 0 Å². The van der Waals surface area contributed by atoms with Gasteiger partial charge in [-0.15, -0.1) is 0 Å². The van der Waals surface area contributed by atoms with Crippen LogP contribution in [0.4, 0.5) is 0 Å². The molecule has 0 aromatic heterocycles. The van der Waals surface area contributed by atoms with Crippen LogP contribution in [0, 0.1) is 17.3 Å². The lowest BCUT2D eigenvalue weighted by molar-refractivity contribution is 0.0530. The van der Waals surface area contributed by atoms with E-state index in [1.165, 1.54) is 12.8 Å². The van der Waals surface area contributed by atoms with Gasteiger partial charge in [0.1, 0.15) is 0 Å². The first kappa shape index (κ1) is 16.1. The lowest BCUT2D eigenvalue weighted by Gasteiger charge is -2.30. The van der Waals surface area contributed by atoms with E-state index >= 15 is 0 Å². The Morgan fingerprint density at radius 1 is 1.21 bits per heavy atom. The number of nitrogens with zero attached hydrogens (tertiary/aromatic N) is 2. The molecule has 1 spiro atoms. The predicted octanol–water partition coefficient (Wildman–Crippen LogP) is 2.51. The van der Waals surface area contributed by atoms with Gasteiger partial charge in [-0.2, -0.15) is 0 Å². The highest BCUT2D eigenvalue weighted by molar-refractivity contribution is 5.94. The molecule has 130 valence electrons. The summed E-state index contributed by atoms with van der Waals surface area (Å²) < 4.78 is 6.03. The van der Waals surface area contributed by atoms with Crippen LogP contribution in [0.15, 0.2) is 30.3 Å². The Morgan fingerprint density at radius 3 is 2.75 bits per heavy atom. The van der Waals surface area contributed by atoms with Crippen molar-refractivity contribution in [1.29, 1.82) is 0 Å². The van der Waals surface area contributed by atoms with Crippen molar-refractivity contribution in [1.82, 2.24) is 9.80 Å². The van der Waals surface area contributed by atoms with Gasteiger partial charge in [0.15, 0.2) is 0 Å². The third-order valence-corrected chi connectivity index (χ3v) is 6.05. The number of carbonyl (C=O) groups excluding carboxylic acids is 1. The van der Waals surface area contributed by atoms with Gasteiger partial charge in [-0.1, -0.05) is 18.2 Å². The van der Waals surface area contributed by atoms with Crippen LogP contribution in [0.2, 0.25) is 0 Å². The molecule has 0 radical (unpaired) electrons. The molecule has 2 heterocycles. The molecule has 4 heteroatoms. The summed E-state index contributed by atoms with van der Waals surface area (Å²) in [4.78, 5) is 17.2. The summed E-state index contributed by atoms with van der Waals surface area (Å²) in [6.07, 6.45) is 3.79. The van der Waals surface area contributed by atoms with Crippen molar-refractivity contribution in [2.24, 2.45) is 17.3 Å². The molecule has 1 amide bonds. The van der Waals surface area contributed by atoms with Crippen LogP contribution in [-0.2, 0) is 4.74 Å². The molecule has 2 aliphatic heterocycles. The Kier molecular flexibility index (Phi) is 4.35. The number of hydrogen-bond donors (Lipinski definition) is 0. The van der Waals surface area contributed by atoms with E-state index in [4.69, 9.17) is 4.74 Å². The monoisotopic (exact) mass is 328 g/mol. The number of likely N-dealkylation sites (tertiary alicyclic amines) is 2. The molecule has 0 unspecified atom stereocenters. The number of hydrogen-bond acceptors (Lipinski definition) is 3. The van der Waals surface area contributed by atoms with Gasteiger partial charge in [0.2, 0.25) is 0 Å². The standard InChI is InChI=1S/C20H28N2O2/c1-21-11-18(13-24-12-16-7-8-16)20(14-21)9-10-22(15-20)19(23)17-5-3-2-4-6-17/h2-6,16,18H,7-15H2,1H3/t18-,20+/m1/s1. The topological polar surface area (TPSA) is 32.8 Å². The van der Waals surface area contributed by atoms with Crippen molar-refractivity contribution in [3.63, 3.8) is 0 Å². The second-order valence-corrected chi connectivity index (χ2v) is 8.08. The van der Waals surface area contributed by atoms with Crippen molar-refractivity contribution in [2.75, 3.05) is 46.4 Å². The Morgan fingerprint density at radius 2 is 2.00 bits per heavy atom. The maximum atomic E-state index is 12.8. The van der Waals surface area contributed by atoms with E-state index < -0.39 is 0 Å². The molecule has 2 saturated heterocycles. The fourth-order valence-electron chi connectivity index (χ4n) is 4.49. The van der Waals surface area contributed by atoms with E-state index in [0.717, 1.165) is 57.3 Å². The summed E-state index contributed by atoms with van der Waals surface area (Å²) in [6.45, 7) is 5.72. The van der Waals surface area contributed by atoms with Crippen molar-refractivity contribution >= 4 is 5.91 Å². The zero-order valence-corrected chi connectivity index (χ0v) is 14.6. The number of carbonyl (C=O) groups is 1. The van der Waals surface area contributed by atoms with Gasteiger partial charge >= 0.3 is 0 Å². The first-order valence-corrected chi connectivity index (χ1v) is 9.27. The Hall–Kier alpha value is -1.39. The molecule has 1 aromatic carbocycles. The van der Waals surface area contributed by atoms with Crippen LogP contribution in [0.1, 0.15) is 29.6 Å². The average Bonchev–Trinajstić information content (AvgIpc) is 3.24. The number of rotatable bonds is 5. The third kappa shape index (κ3) is 3.22. The lowest BCUT2D eigenvalue weighted by Crippen LogP contribution is -2.38. The van der Waals surface area contributed by atoms with Crippen LogP contribution in [-0.4, -0.2) is 62.1 Å². The molecule has 3 aliphatic rings. The normalized spacial score (nSPS) is 30.4. The van der Waals surface area contributed by atoms with Gasteiger partial charge in [-0.25, -0.2) is 0 Å². The zero-order valence-electron chi connectivity index (χ0n) is 14.6. The van der Waals surface area contributed by atoms with Gasteiger partial charge in [-0.3, -0.25) is 4.79 Å². The molecule has 1 aromatic rings. The molecular weight excluding hydrogens is 300 g/mol. The van der Waals surface area contributed by atoms with E-state index in [2.05, 4.69) is 16.8 Å². The Labute approximate surface area is 144 Å². The van der Waals surface area contributed by atoms with Gasteiger partial charge in [0.05, 0.1) is 6.61 Å². The van der Waals surface area contributed by atoms with Crippen molar-refractivity contribution in [3.8, 4) is 0 Å². The highest BCUT2D eigenvalue weighted by atomic mass is 16.5. The van der Waals surface area contributed by atoms with E-state index in [0.29, 0.717) is 5.92 Å². The minimum atomic E-state index is 0.180. The van der Waals surface area contributed by atoms with E-state index in [9.17, 15) is 4.79 Å². The molecule has 0 bridgehead atoms. The predicted molar refractivity (Wildman–Crippen MR) is 93.9 cm³/mol. The molecule has 24 heavy (non-hydrogen) atoms. The van der Waals surface area contributed by atoms with Crippen LogP contribution in [0.3, 0.4) is 0 Å². The van der Waals surface area contributed by atoms with Gasteiger partial charge in [-0.05, 0) is 44.4 Å². The van der Waals surface area contributed by atoms with Crippen LogP contribution in [0.5, 0.6) is 0 Å². The first-order valence-electron chi connectivity index (χ1n) is 9.27. The van der Waals surface area contributed by atoms with Gasteiger partial charge in [0, 0.05) is 49.7 Å². The number of ether oxygens (including phenoxy) is 1. The minimum absolute atomic E-state index is 0.180. The van der Waals surface area contributed by atoms with Gasteiger partial charge < -0.3 is 14.5 Å². The smallest absolute Gasteiger partial charge is 0.253 e. The lowest BCUT2D eigenvalue weighted by atomic mass is 9.77. The second kappa shape index (κ2) is 6.49. The molecule has 0 N–H and O–H groups in total. The van der Waals surface area contributed by atoms with E-state index in [1.54, 1.807) is 0 Å². The van der Waals surface area contributed by atoms with E-state index in [1.807, 2.05) is 30.3 Å². The Balaban J connectivity index is 1.41. The average molecular weight is 328 g/mol. The van der Waals surface area contributed by atoms with Crippen molar-refractivity contribution in [3.05, 3.63) is 35.9 Å². The van der Waals surface area contributed by atoms with Gasteiger partial charge in [0.25, 0.3) is 5.91 Å². The zero-order chi connectivity index (χ0) is 16.6. The Bertz CT molecular complexity index is 587. The molecule has 1 saturated carbocycles. The maximum absolute atomic E-state index is 12.8. The summed E-state index contributed by atoms with van der Waals surface area (Å²) in [5.41, 5.74) is 1.03. The molecule has 2 atom stereocenters. The summed E-state index contributed by atoms with van der Waals surface area (Å²) in [5.74, 6) is 1.55. The summed E-state index contributed by atoms with van der Waals surface area (Å²) in [7, 11) is 2.20. The molecular formula is C20H28N2O2. The third-order valence-electron chi connectivity index (χ3n) is 6.05. The molecule has 4 rings (SSSR count). The maximum Gasteiger partial charge on any atom is 0.253 e.